The number of rotatable bonds is 6. The number of anilines is 2. The summed E-state index contributed by atoms with van der Waals surface area (Å²) in [6.07, 6.45) is 1.79. The van der Waals surface area contributed by atoms with E-state index in [1.165, 1.54) is 6.07 Å². The topological polar surface area (TPSA) is 82.4 Å². The van der Waals surface area contributed by atoms with E-state index in [1.807, 2.05) is 32.2 Å². The second kappa shape index (κ2) is 10.2. The van der Waals surface area contributed by atoms with E-state index < -0.39 is 19.9 Å². The molecule has 3 aromatic heterocycles. The Balaban J connectivity index is 1.28. The van der Waals surface area contributed by atoms with Gasteiger partial charge in [-0.2, -0.15) is 0 Å². The third-order valence-corrected chi connectivity index (χ3v) is 6.97. The molecule has 4 aromatic rings. The van der Waals surface area contributed by atoms with Gasteiger partial charge in [0, 0.05) is 103 Å². The molecule has 1 N–H and O–H groups in total. The zero-order valence-electron chi connectivity index (χ0n) is 27.2. The first-order valence-corrected chi connectivity index (χ1v) is 12.2. The van der Waals surface area contributed by atoms with Gasteiger partial charge in [0.1, 0.15) is 11.5 Å². The highest BCUT2D eigenvalue weighted by Crippen LogP contribution is 2.29. The van der Waals surface area contributed by atoms with Crippen molar-refractivity contribution in [2.45, 2.75) is 13.5 Å². The predicted octanol–water partition coefficient (Wildman–Crippen LogP) is 3.40. The minimum Gasteiger partial charge on any atom is -0.372 e. The number of nitrogens with one attached hydrogen (secondary N) is 1. The molecule has 9 nitrogen and oxygen atoms in total. The van der Waals surface area contributed by atoms with E-state index in [4.69, 9.17) is 8.22 Å². The van der Waals surface area contributed by atoms with Crippen LogP contribution in [0.2, 0.25) is 0 Å². The van der Waals surface area contributed by atoms with E-state index in [9.17, 15) is 4.79 Å². The van der Waals surface area contributed by atoms with Crippen LogP contribution < -0.4 is 10.2 Å². The number of carbonyl (C=O) groups excluding carboxylic acids is 1. The molecule has 5 rings (SSSR count). The zero-order valence-corrected chi connectivity index (χ0v) is 21.2. The highest BCUT2D eigenvalue weighted by molar-refractivity contribution is 5.94. The summed E-state index contributed by atoms with van der Waals surface area (Å²) in [4.78, 5) is 22.1. The lowest BCUT2D eigenvalue weighted by Gasteiger charge is -2.37. The zero-order chi connectivity index (χ0) is 31.1. The number of pyridine rings is 1. The molecule has 0 radical (unpaired) electrons. The summed E-state index contributed by atoms with van der Waals surface area (Å²) in [6, 6.07) is 12.8. The summed E-state index contributed by atoms with van der Waals surface area (Å²) in [5, 5.41) is 12.6. The van der Waals surface area contributed by atoms with E-state index >= 15 is 0 Å². The normalized spacial score (nSPS) is 17.3. The largest absolute Gasteiger partial charge is 0.372 e. The van der Waals surface area contributed by atoms with Crippen LogP contribution in [0.3, 0.4) is 0 Å². The van der Waals surface area contributed by atoms with Crippen molar-refractivity contribution < 1.29 is 13.0 Å². The van der Waals surface area contributed by atoms with Crippen molar-refractivity contribution in [3.63, 3.8) is 0 Å². The maximum absolute atomic E-state index is 12.9. The number of piperazine rings is 1. The Bertz CT molecular complexity index is 1610. The van der Waals surface area contributed by atoms with Crippen LogP contribution in [0, 0.1) is 6.92 Å². The molecular formula is C28H34N8O. The molecule has 0 aliphatic carbocycles. The molecule has 0 bridgehead atoms. The first kappa shape index (κ1) is 18.3. The maximum atomic E-state index is 12.9. The fraction of sp³-hybridized carbons (Fsp3) is 0.357. The number of benzene rings is 1. The van der Waals surface area contributed by atoms with Gasteiger partial charge in [-0.05, 0) is 55.0 Å². The highest BCUT2D eigenvalue weighted by Gasteiger charge is 2.21. The van der Waals surface area contributed by atoms with Gasteiger partial charge in [-0.15, -0.1) is 10.2 Å². The van der Waals surface area contributed by atoms with Crippen molar-refractivity contribution in [3.8, 4) is 11.3 Å². The summed E-state index contributed by atoms with van der Waals surface area (Å²) in [5.41, 5.74) is 5.50. The first-order chi connectivity index (χ1) is 20.3. The number of carbonyl (C=O) groups is 1. The molecule has 4 heterocycles. The fourth-order valence-corrected chi connectivity index (χ4v) is 4.90. The van der Waals surface area contributed by atoms with Gasteiger partial charge in [0.25, 0.3) is 5.91 Å². The molecular weight excluding hydrogens is 464 g/mol. The van der Waals surface area contributed by atoms with E-state index in [0.29, 0.717) is 5.82 Å². The third-order valence-electron chi connectivity index (χ3n) is 6.97. The minimum absolute atomic E-state index is 0.00831. The second-order valence-electron chi connectivity index (χ2n) is 9.25. The average molecular weight is 505 g/mol. The fourth-order valence-electron chi connectivity index (χ4n) is 4.90. The molecule has 0 atom stereocenters. The average Bonchev–Trinajstić information content (AvgIpc) is 3.27. The van der Waals surface area contributed by atoms with Crippen LogP contribution in [0.1, 0.15) is 29.8 Å². The van der Waals surface area contributed by atoms with Crippen LogP contribution in [0.5, 0.6) is 0 Å². The Morgan fingerprint density at radius 2 is 1.89 bits per heavy atom. The molecule has 1 aliphatic heterocycles. The van der Waals surface area contributed by atoms with Gasteiger partial charge >= 0.3 is 0 Å². The quantitative estimate of drug-likeness (QED) is 0.431. The van der Waals surface area contributed by atoms with Crippen LogP contribution in [0.15, 0.2) is 48.7 Å². The van der Waals surface area contributed by atoms with Crippen LogP contribution in [-0.4, -0.2) is 82.6 Å². The summed E-state index contributed by atoms with van der Waals surface area (Å²) < 4.78 is 47.4. The van der Waals surface area contributed by atoms with E-state index in [2.05, 4.69) is 40.9 Å². The van der Waals surface area contributed by atoms with Gasteiger partial charge in [-0.25, -0.2) is 4.98 Å². The van der Waals surface area contributed by atoms with Crippen LogP contribution in [0.25, 0.3) is 22.3 Å². The Kier molecular flexibility index (Phi) is 5.03. The van der Waals surface area contributed by atoms with Gasteiger partial charge in [0.2, 0.25) is 0 Å². The summed E-state index contributed by atoms with van der Waals surface area (Å²) >= 11 is 0. The van der Waals surface area contributed by atoms with Gasteiger partial charge < -0.3 is 19.7 Å². The summed E-state index contributed by atoms with van der Waals surface area (Å²) in [5.74, 6) is -0.343. The lowest BCUT2D eigenvalue weighted by molar-refractivity contribution is 0.0827. The molecule has 192 valence electrons. The first-order valence-electron chi connectivity index (χ1n) is 15.2. The minimum atomic E-state index is -3.08. The van der Waals surface area contributed by atoms with Crippen LogP contribution in [0.4, 0.5) is 11.5 Å². The van der Waals surface area contributed by atoms with Crippen molar-refractivity contribution in [1.29, 1.82) is 0 Å². The summed E-state index contributed by atoms with van der Waals surface area (Å²) in [6.45, 7) is -0.452. The Morgan fingerprint density at radius 1 is 1.08 bits per heavy atom. The van der Waals surface area contributed by atoms with Crippen molar-refractivity contribution in [2.75, 3.05) is 57.4 Å². The maximum Gasteiger partial charge on any atom is 0.253 e. The van der Waals surface area contributed by atoms with Crippen molar-refractivity contribution in [1.82, 2.24) is 29.5 Å². The number of aromatic nitrogens is 4. The molecule has 1 aliphatic rings. The SMILES string of the molecule is [2H]C([2H])([2H])N(C(=O)c1ccc(N2CCN(Cc3cc4c(-c5ccc(NC)nn5)ccnc4n3C)CC2)c(C)c1)C([2H])([2H])[2H]. The smallest absolute Gasteiger partial charge is 0.253 e. The Labute approximate surface area is 226 Å². The summed E-state index contributed by atoms with van der Waals surface area (Å²) in [7, 11) is 3.83. The number of hydrogen-bond donors (Lipinski definition) is 1. The molecule has 1 aromatic carbocycles. The van der Waals surface area contributed by atoms with E-state index in [0.717, 1.165) is 72.0 Å². The molecule has 9 heteroatoms. The molecule has 0 unspecified atom stereocenters. The standard InChI is InChI=1S/C28H34N8O/c1-19-16-20(28(37)33(3)4)6-8-25(19)36-14-12-35(13-15-36)18-21-17-23-22(10-11-30-27(23)34(21)5)24-7-9-26(29-2)32-31-24/h6-11,16-17H,12-15,18H2,1-5H3,(H,29,32)/i3D3,4D3. The van der Waals surface area contributed by atoms with Crippen LogP contribution >= 0.6 is 0 Å². The highest BCUT2D eigenvalue weighted by atomic mass is 16.2. The third kappa shape index (κ3) is 4.86. The van der Waals surface area contributed by atoms with Crippen molar-refractivity contribution >= 4 is 28.4 Å². The van der Waals surface area contributed by atoms with Crippen LogP contribution in [-0.2, 0) is 13.6 Å². The molecule has 1 amide bonds. The number of amides is 1. The number of fused-ring (bicyclic) bond motifs is 1. The predicted molar refractivity (Wildman–Crippen MR) is 148 cm³/mol. The van der Waals surface area contributed by atoms with Crippen molar-refractivity contribution in [2.24, 2.45) is 7.05 Å². The molecule has 0 spiro atoms. The molecule has 1 fully saturated rings. The molecule has 1 saturated heterocycles. The van der Waals surface area contributed by atoms with Gasteiger partial charge in [0.05, 0.1) is 5.69 Å². The van der Waals surface area contributed by atoms with Gasteiger partial charge in [0.15, 0.2) is 0 Å². The van der Waals surface area contributed by atoms with Gasteiger partial charge in [-0.3, -0.25) is 9.69 Å². The molecule has 0 saturated carbocycles. The lowest BCUT2D eigenvalue weighted by atomic mass is 10.1. The number of hydrogen-bond acceptors (Lipinski definition) is 7. The molecule has 37 heavy (non-hydrogen) atoms. The lowest BCUT2D eigenvalue weighted by Crippen LogP contribution is -2.46. The number of nitrogens with zero attached hydrogens (tertiary/aromatic N) is 7. The van der Waals surface area contributed by atoms with E-state index in [-0.39, 0.29) is 10.5 Å². The Hall–Kier alpha value is -3.98. The number of aryl methyl sites for hydroxylation is 2. The van der Waals surface area contributed by atoms with Gasteiger partial charge in [-0.1, -0.05) is 0 Å². The van der Waals surface area contributed by atoms with E-state index in [1.54, 1.807) is 25.4 Å². The second-order valence-corrected chi connectivity index (χ2v) is 9.25. The monoisotopic (exact) mass is 504 g/mol. The Morgan fingerprint density at radius 3 is 2.57 bits per heavy atom. The van der Waals surface area contributed by atoms with Crippen molar-refractivity contribution in [3.05, 3.63) is 65.5 Å².